The Morgan fingerprint density at radius 1 is 0.217 bits per heavy atom. The van der Waals surface area contributed by atoms with Gasteiger partial charge >= 0.3 is 17.2 Å². The maximum atomic E-state index is 5.84. The molecule has 0 bridgehead atoms. The van der Waals surface area contributed by atoms with Crippen molar-refractivity contribution >= 4 is 42.0 Å². The third-order valence-electron chi connectivity index (χ3n) is 5.54. The molecule has 6 aromatic rings. The first kappa shape index (κ1) is 36.0. The lowest BCUT2D eigenvalue weighted by molar-refractivity contribution is 0.387. The second-order valence-electron chi connectivity index (χ2n) is 8.87. The molecular formula is C36H32Cl2O6P2. The van der Waals surface area contributed by atoms with Crippen LogP contribution in [0.25, 0.3) is 0 Å². The standard InChI is InChI=1S/2C18H15O3P.2ClH/c2*1-4-10-16(11-5-1)19-22(20-17-12-6-2-7-13-17)21-18-14-8-3-9-15-18;;/h2*1-15H;2*1H. The van der Waals surface area contributed by atoms with Gasteiger partial charge in [0.1, 0.15) is 34.5 Å². The molecule has 0 aliphatic heterocycles. The maximum absolute atomic E-state index is 5.84. The van der Waals surface area contributed by atoms with Crippen LogP contribution in [-0.2, 0) is 0 Å². The zero-order chi connectivity index (χ0) is 30.1. The fourth-order valence-electron chi connectivity index (χ4n) is 3.52. The van der Waals surface area contributed by atoms with Crippen LogP contribution in [-0.4, -0.2) is 0 Å². The minimum Gasteiger partial charge on any atom is -0.409 e. The molecule has 0 aromatic heterocycles. The van der Waals surface area contributed by atoms with Gasteiger partial charge in [0.2, 0.25) is 0 Å². The zero-order valence-corrected chi connectivity index (χ0v) is 27.9. The number of rotatable bonds is 12. The second-order valence-corrected chi connectivity index (χ2v) is 10.9. The van der Waals surface area contributed by atoms with Crippen molar-refractivity contribution in [2.45, 2.75) is 0 Å². The Morgan fingerprint density at radius 2 is 0.348 bits per heavy atom. The Labute approximate surface area is 284 Å². The minimum atomic E-state index is -1.59. The van der Waals surface area contributed by atoms with Crippen molar-refractivity contribution < 1.29 is 27.1 Å². The fourth-order valence-corrected chi connectivity index (χ4v) is 5.50. The number of hydrogen-bond acceptors (Lipinski definition) is 6. The van der Waals surface area contributed by atoms with E-state index in [0.717, 1.165) is 0 Å². The molecule has 0 atom stereocenters. The molecule has 0 spiro atoms. The van der Waals surface area contributed by atoms with Gasteiger partial charge < -0.3 is 27.1 Å². The Kier molecular flexibility index (Phi) is 16.1. The lowest BCUT2D eigenvalue weighted by Gasteiger charge is -2.17. The summed E-state index contributed by atoms with van der Waals surface area (Å²) in [6.07, 6.45) is 0. The zero-order valence-electron chi connectivity index (χ0n) is 24.5. The first-order valence-corrected chi connectivity index (χ1v) is 16.0. The summed E-state index contributed by atoms with van der Waals surface area (Å²) in [4.78, 5) is 0. The Hall–Kier alpha value is -4.44. The molecule has 0 heterocycles. The number of hydrogen-bond donors (Lipinski definition) is 0. The van der Waals surface area contributed by atoms with Crippen molar-refractivity contribution in [3.05, 3.63) is 182 Å². The molecule has 0 unspecified atom stereocenters. The average molecular weight is 694 g/mol. The smallest absolute Gasteiger partial charge is 0.409 e. The van der Waals surface area contributed by atoms with Gasteiger partial charge in [-0.2, -0.15) is 0 Å². The van der Waals surface area contributed by atoms with Gasteiger partial charge in [-0.25, -0.2) is 0 Å². The van der Waals surface area contributed by atoms with E-state index in [4.69, 9.17) is 27.1 Å². The molecule has 46 heavy (non-hydrogen) atoms. The van der Waals surface area contributed by atoms with E-state index in [1.807, 2.05) is 182 Å². The summed E-state index contributed by atoms with van der Waals surface area (Å²) in [6, 6.07) is 57.0. The molecule has 6 nitrogen and oxygen atoms in total. The average Bonchev–Trinajstić information content (AvgIpc) is 3.08. The van der Waals surface area contributed by atoms with E-state index < -0.39 is 17.2 Å². The summed E-state index contributed by atoms with van der Waals surface area (Å²) >= 11 is 0. The Morgan fingerprint density at radius 3 is 0.478 bits per heavy atom. The highest BCUT2D eigenvalue weighted by atomic mass is 35.5. The van der Waals surface area contributed by atoms with Gasteiger partial charge in [0.05, 0.1) is 0 Å². The van der Waals surface area contributed by atoms with Gasteiger partial charge in [-0.15, -0.1) is 24.8 Å². The van der Waals surface area contributed by atoms with Crippen molar-refractivity contribution in [1.29, 1.82) is 0 Å². The van der Waals surface area contributed by atoms with Crippen LogP contribution in [0.1, 0.15) is 0 Å². The maximum Gasteiger partial charge on any atom is 0.530 e. The van der Waals surface area contributed by atoms with Crippen LogP contribution in [0.3, 0.4) is 0 Å². The van der Waals surface area contributed by atoms with Crippen LogP contribution in [0, 0.1) is 0 Å². The number of halogens is 2. The summed E-state index contributed by atoms with van der Waals surface area (Å²) in [5.41, 5.74) is 0. The number of para-hydroxylation sites is 6. The second kappa shape index (κ2) is 20.6. The molecule has 0 saturated carbocycles. The largest absolute Gasteiger partial charge is 0.530 e. The highest BCUT2D eigenvalue weighted by molar-refractivity contribution is 7.43. The van der Waals surface area contributed by atoms with Crippen molar-refractivity contribution in [2.24, 2.45) is 0 Å². The van der Waals surface area contributed by atoms with Gasteiger partial charge in [0, 0.05) is 0 Å². The third-order valence-corrected chi connectivity index (χ3v) is 7.70. The van der Waals surface area contributed by atoms with Crippen LogP contribution in [0.2, 0.25) is 0 Å². The van der Waals surface area contributed by atoms with E-state index >= 15 is 0 Å². The summed E-state index contributed by atoms with van der Waals surface area (Å²) < 4.78 is 35.1. The van der Waals surface area contributed by atoms with E-state index in [2.05, 4.69) is 0 Å². The van der Waals surface area contributed by atoms with Crippen molar-refractivity contribution in [1.82, 2.24) is 0 Å². The molecule has 236 valence electrons. The highest BCUT2D eigenvalue weighted by Crippen LogP contribution is 2.43. The van der Waals surface area contributed by atoms with E-state index in [1.165, 1.54) is 0 Å². The molecule has 0 saturated heterocycles. The van der Waals surface area contributed by atoms with E-state index in [9.17, 15) is 0 Å². The van der Waals surface area contributed by atoms with Crippen LogP contribution < -0.4 is 27.1 Å². The van der Waals surface area contributed by atoms with Crippen LogP contribution >= 0.6 is 42.0 Å². The Balaban J connectivity index is 0.000000240. The van der Waals surface area contributed by atoms with Gasteiger partial charge in [-0.3, -0.25) is 0 Å². The SMILES string of the molecule is Cl.Cl.c1ccc(OP(Oc2ccccc2)Oc2ccccc2)cc1.c1ccc(OP(Oc2ccccc2)Oc2ccccc2)cc1. The normalized spacial score (nSPS) is 9.78. The molecule has 0 aliphatic carbocycles. The lowest BCUT2D eigenvalue weighted by Crippen LogP contribution is -2.02. The predicted molar refractivity (Wildman–Crippen MR) is 191 cm³/mol. The summed E-state index contributed by atoms with van der Waals surface area (Å²) in [7, 11) is -3.18. The summed E-state index contributed by atoms with van der Waals surface area (Å²) in [5, 5.41) is 0. The summed E-state index contributed by atoms with van der Waals surface area (Å²) in [5.74, 6) is 4.25. The van der Waals surface area contributed by atoms with Gasteiger partial charge in [0.25, 0.3) is 0 Å². The molecule has 0 radical (unpaired) electrons. The molecule has 0 amide bonds. The predicted octanol–water partition coefficient (Wildman–Crippen LogP) is 11.7. The monoisotopic (exact) mass is 692 g/mol. The molecule has 0 N–H and O–H groups in total. The first-order valence-electron chi connectivity index (χ1n) is 13.8. The van der Waals surface area contributed by atoms with Gasteiger partial charge in [-0.1, -0.05) is 109 Å². The van der Waals surface area contributed by atoms with Crippen LogP contribution in [0.15, 0.2) is 182 Å². The van der Waals surface area contributed by atoms with Crippen LogP contribution in [0.5, 0.6) is 34.5 Å². The quantitative estimate of drug-likeness (QED) is 0.119. The van der Waals surface area contributed by atoms with Gasteiger partial charge in [-0.05, 0) is 72.8 Å². The van der Waals surface area contributed by atoms with Crippen LogP contribution in [0.4, 0.5) is 0 Å². The molecule has 0 aliphatic rings. The minimum absolute atomic E-state index is 0. The van der Waals surface area contributed by atoms with E-state index in [0.29, 0.717) is 34.5 Å². The molecule has 10 heteroatoms. The van der Waals surface area contributed by atoms with Crippen molar-refractivity contribution in [2.75, 3.05) is 0 Å². The molecule has 0 fully saturated rings. The fraction of sp³-hybridized carbons (Fsp3) is 0. The molecule has 6 rings (SSSR count). The lowest BCUT2D eigenvalue weighted by atomic mass is 10.3. The molecule has 6 aromatic carbocycles. The van der Waals surface area contributed by atoms with E-state index in [1.54, 1.807) is 0 Å². The van der Waals surface area contributed by atoms with Crippen molar-refractivity contribution in [3.63, 3.8) is 0 Å². The van der Waals surface area contributed by atoms with Gasteiger partial charge in [0.15, 0.2) is 0 Å². The molecular weight excluding hydrogens is 661 g/mol. The number of benzene rings is 6. The van der Waals surface area contributed by atoms with E-state index in [-0.39, 0.29) is 24.8 Å². The first-order chi connectivity index (χ1) is 21.8. The summed E-state index contributed by atoms with van der Waals surface area (Å²) in [6.45, 7) is 0. The third kappa shape index (κ3) is 12.9. The Bertz CT molecular complexity index is 1290. The topological polar surface area (TPSA) is 55.4 Å². The highest BCUT2D eigenvalue weighted by Gasteiger charge is 2.20. The van der Waals surface area contributed by atoms with Crippen molar-refractivity contribution in [3.8, 4) is 34.5 Å².